The van der Waals surface area contributed by atoms with E-state index in [1.807, 2.05) is 0 Å². The fraction of sp³-hybridized carbons (Fsp3) is 0.676. The van der Waals surface area contributed by atoms with Crippen molar-refractivity contribution in [1.82, 2.24) is 0 Å². The Morgan fingerprint density at radius 1 is 0.658 bits per heavy atom. The summed E-state index contributed by atoms with van der Waals surface area (Å²) in [5, 5.41) is 9.48. The molecular formula is C34H58O4. The van der Waals surface area contributed by atoms with Crippen LogP contribution in [0.15, 0.2) is 60.8 Å². The van der Waals surface area contributed by atoms with Crippen LogP contribution in [-0.4, -0.2) is 37.0 Å². The van der Waals surface area contributed by atoms with Crippen LogP contribution in [0.2, 0.25) is 0 Å². The Hall–Kier alpha value is -1.91. The van der Waals surface area contributed by atoms with E-state index in [-0.39, 0.29) is 19.2 Å². The van der Waals surface area contributed by atoms with Crippen molar-refractivity contribution in [3.63, 3.8) is 0 Å². The number of hydrogen-bond donors (Lipinski definition) is 1. The fourth-order valence-corrected chi connectivity index (χ4v) is 3.79. The number of carbonyl (C=O) groups excluding carboxylic acids is 1. The Bertz CT molecular complexity index is 645. The summed E-state index contributed by atoms with van der Waals surface area (Å²) in [5.74, 6) is -0.229. The van der Waals surface area contributed by atoms with E-state index in [4.69, 9.17) is 9.47 Å². The molecule has 1 atom stereocenters. The minimum absolute atomic E-state index is 0.191. The molecule has 0 aromatic rings. The van der Waals surface area contributed by atoms with Gasteiger partial charge in [0.05, 0.1) is 13.2 Å². The van der Waals surface area contributed by atoms with Crippen LogP contribution < -0.4 is 0 Å². The molecule has 1 unspecified atom stereocenters. The molecule has 0 aromatic carbocycles. The van der Waals surface area contributed by atoms with Crippen LogP contribution in [0.1, 0.15) is 123 Å². The Kier molecular flexibility index (Phi) is 29.7. The van der Waals surface area contributed by atoms with Gasteiger partial charge in [0.25, 0.3) is 0 Å². The topological polar surface area (TPSA) is 55.8 Å². The summed E-state index contributed by atoms with van der Waals surface area (Å²) in [6, 6.07) is 0. The zero-order valence-electron chi connectivity index (χ0n) is 24.7. The van der Waals surface area contributed by atoms with Gasteiger partial charge in [0.1, 0.15) is 6.10 Å². The maximum absolute atomic E-state index is 12.0. The van der Waals surface area contributed by atoms with Crippen LogP contribution in [0, 0.1) is 0 Å². The van der Waals surface area contributed by atoms with Crippen molar-refractivity contribution < 1.29 is 19.4 Å². The zero-order chi connectivity index (χ0) is 27.8. The predicted octanol–water partition coefficient (Wildman–Crippen LogP) is 9.36. The first kappa shape index (κ1) is 36.1. The summed E-state index contributed by atoms with van der Waals surface area (Å²) in [6.45, 7) is 5.06. The normalized spacial score (nSPS) is 13.2. The molecule has 4 heteroatoms. The summed E-state index contributed by atoms with van der Waals surface area (Å²) in [4.78, 5) is 12.0. The van der Waals surface area contributed by atoms with Crippen molar-refractivity contribution in [3.8, 4) is 0 Å². The minimum Gasteiger partial charge on any atom is -0.457 e. The fourth-order valence-electron chi connectivity index (χ4n) is 3.79. The smallest absolute Gasteiger partial charge is 0.306 e. The summed E-state index contributed by atoms with van der Waals surface area (Å²) < 4.78 is 11.0. The molecule has 0 aliphatic heterocycles. The molecule has 0 bridgehead atoms. The van der Waals surface area contributed by atoms with Crippen LogP contribution in [-0.2, 0) is 14.3 Å². The van der Waals surface area contributed by atoms with Gasteiger partial charge in [-0.05, 0) is 70.6 Å². The van der Waals surface area contributed by atoms with Gasteiger partial charge in [0.15, 0.2) is 0 Å². The molecule has 218 valence electrons. The highest BCUT2D eigenvalue weighted by atomic mass is 16.6. The van der Waals surface area contributed by atoms with Gasteiger partial charge in [-0.1, -0.05) is 107 Å². The number of carbonyl (C=O) groups is 1. The summed E-state index contributed by atoms with van der Waals surface area (Å²) >= 11 is 0. The molecule has 0 saturated carbocycles. The van der Waals surface area contributed by atoms with Crippen molar-refractivity contribution in [2.24, 2.45) is 0 Å². The van der Waals surface area contributed by atoms with Gasteiger partial charge in [-0.3, -0.25) is 4.79 Å². The second-order valence-electron chi connectivity index (χ2n) is 9.79. The minimum atomic E-state index is -0.554. The highest BCUT2D eigenvalue weighted by Gasteiger charge is 2.13. The van der Waals surface area contributed by atoms with Gasteiger partial charge in [0, 0.05) is 13.0 Å². The molecule has 0 rings (SSSR count). The number of aliphatic hydroxyl groups excluding tert-OH is 1. The molecule has 0 radical (unpaired) electrons. The van der Waals surface area contributed by atoms with Crippen molar-refractivity contribution in [1.29, 1.82) is 0 Å². The van der Waals surface area contributed by atoms with Crippen molar-refractivity contribution in [3.05, 3.63) is 60.8 Å². The molecule has 38 heavy (non-hydrogen) atoms. The van der Waals surface area contributed by atoms with Crippen LogP contribution in [0.3, 0.4) is 0 Å². The van der Waals surface area contributed by atoms with E-state index in [1.54, 1.807) is 0 Å². The second kappa shape index (κ2) is 31.3. The molecule has 0 aliphatic rings. The number of unbranched alkanes of at least 4 members (excludes halogenated alkanes) is 9. The highest BCUT2D eigenvalue weighted by molar-refractivity contribution is 5.69. The molecule has 0 spiro atoms. The molecular weight excluding hydrogens is 472 g/mol. The maximum Gasteiger partial charge on any atom is 0.306 e. The Morgan fingerprint density at radius 3 is 1.82 bits per heavy atom. The molecule has 0 fully saturated rings. The lowest BCUT2D eigenvalue weighted by molar-refractivity contribution is -0.154. The third-order valence-electron chi connectivity index (χ3n) is 6.06. The Morgan fingerprint density at radius 2 is 1.18 bits per heavy atom. The second-order valence-corrected chi connectivity index (χ2v) is 9.79. The van der Waals surface area contributed by atoms with E-state index < -0.39 is 6.10 Å². The average Bonchev–Trinajstić information content (AvgIpc) is 2.92. The third kappa shape index (κ3) is 28.7. The molecule has 0 saturated heterocycles. The van der Waals surface area contributed by atoms with Crippen molar-refractivity contribution in [2.45, 2.75) is 129 Å². The monoisotopic (exact) mass is 530 g/mol. The largest absolute Gasteiger partial charge is 0.457 e. The quantitative estimate of drug-likeness (QED) is 0.0653. The Labute approximate surface area is 235 Å². The van der Waals surface area contributed by atoms with Gasteiger partial charge < -0.3 is 14.6 Å². The van der Waals surface area contributed by atoms with Crippen LogP contribution in [0.25, 0.3) is 0 Å². The number of aliphatic hydroxyl groups is 1. The van der Waals surface area contributed by atoms with Crippen molar-refractivity contribution in [2.75, 3.05) is 19.8 Å². The SMILES string of the molecule is CC/C=C\C/C=C\C/C=C\C/C=C\CCCCCOCC(CO)OC(=O)CCCCCCC/C=C\CCC. The molecule has 1 N–H and O–H groups in total. The van der Waals surface area contributed by atoms with Crippen LogP contribution in [0.5, 0.6) is 0 Å². The van der Waals surface area contributed by atoms with E-state index in [1.165, 1.54) is 25.7 Å². The van der Waals surface area contributed by atoms with Gasteiger partial charge in [0.2, 0.25) is 0 Å². The van der Waals surface area contributed by atoms with E-state index >= 15 is 0 Å². The zero-order valence-corrected chi connectivity index (χ0v) is 24.7. The van der Waals surface area contributed by atoms with E-state index in [0.717, 1.165) is 77.0 Å². The first-order valence-corrected chi connectivity index (χ1v) is 15.4. The Balaban J connectivity index is 3.57. The summed E-state index contributed by atoms with van der Waals surface area (Å²) in [7, 11) is 0. The van der Waals surface area contributed by atoms with Crippen LogP contribution >= 0.6 is 0 Å². The van der Waals surface area contributed by atoms with Crippen LogP contribution in [0.4, 0.5) is 0 Å². The lowest BCUT2D eigenvalue weighted by Crippen LogP contribution is -2.27. The average molecular weight is 531 g/mol. The first-order chi connectivity index (χ1) is 18.7. The lowest BCUT2D eigenvalue weighted by atomic mass is 10.1. The van der Waals surface area contributed by atoms with Gasteiger partial charge in [-0.2, -0.15) is 0 Å². The number of ether oxygens (including phenoxy) is 2. The molecule has 4 nitrogen and oxygen atoms in total. The third-order valence-corrected chi connectivity index (χ3v) is 6.06. The van der Waals surface area contributed by atoms with Gasteiger partial charge >= 0.3 is 5.97 Å². The van der Waals surface area contributed by atoms with E-state index in [9.17, 15) is 9.90 Å². The number of hydrogen-bond acceptors (Lipinski definition) is 4. The van der Waals surface area contributed by atoms with Crippen molar-refractivity contribution >= 4 is 5.97 Å². The molecule has 0 amide bonds. The van der Waals surface area contributed by atoms with Gasteiger partial charge in [-0.15, -0.1) is 0 Å². The predicted molar refractivity (Wildman–Crippen MR) is 163 cm³/mol. The lowest BCUT2D eigenvalue weighted by Gasteiger charge is -2.15. The maximum atomic E-state index is 12.0. The van der Waals surface area contributed by atoms with Gasteiger partial charge in [-0.25, -0.2) is 0 Å². The molecule has 0 heterocycles. The number of allylic oxidation sites excluding steroid dienone is 10. The molecule has 0 aliphatic carbocycles. The highest BCUT2D eigenvalue weighted by Crippen LogP contribution is 2.10. The number of rotatable bonds is 27. The standard InChI is InChI=1S/C34H58O4/c1-3-5-7-9-11-13-15-16-17-18-19-20-22-24-26-28-30-37-32-33(31-35)38-34(36)29-27-25-23-21-14-12-10-8-6-4-2/h5,7-8,10-11,13,16-17,19-20,33,35H,3-4,6,9,12,14-15,18,21-32H2,1-2H3/b7-5-,10-8-,13-11-,17-16-,20-19-. The number of esters is 1. The first-order valence-electron chi connectivity index (χ1n) is 15.4. The van der Waals surface area contributed by atoms with E-state index in [2.05, 4.69) is 74.6 Å². The van der Waals surface area contributed by atoms with E-state index in [0.29, 0.717) is 13.0 Å². The summed E-state index contributed by atoms with van der Waals surface area (Å²) in [6.07, 6.45) is 39.7. The molecule has 0 aromatic heterocycles. The summed E-state index contributed by atoms with van der Waals surface area (Å²) in [5.41, 5.74) is 0.